The molecule has 10 nitrogen and oxygen atoms in total. The van der Waals surface area contributed by atoms with Crippen molar-refractivity contribution in [1.82, 2.24) is 34.9 Å². The molecule has 0 bridgehead atoms. The van der Waals surface area contributed by atoms with E-state index in [0.29, 0.717) is 34.2 Å². The van der Waals surface area contributed by atoms with Crippen LogP contribution in [0.15, 0.2) is 35.2 Å². The van der Waals surface area contributed by atoms with Crippen LogP contribution in [0.2, 0.25) is 0 Å². The Kier molecular flexibility index (Phi) is 4.92. The SMILES string of the molecule is Cc1ncc(C(=O)Nc2cc(C(C)(C)C)on2)cc1-n1cc(-c2cnn(C)c2C)nn1. The fourth-order valence-electron chi connectivity index (χ4n) is 3.01. The zero-order valence-electron chi connectivity index (χ0n) is 18.3. The molecule has 0 atom stereocenters. The lowest BCUT2D eigenvalue weighted by Gasteiger charge is -2.12. The zero-order valence-corrected chi connectivity index (χ0v) is 18.3. The van der Waals surface area contributed by atoms with Gasteiger partial charge in [0.15, 0.2) is 5.82 Å². The molecular weight excluding hydrogens is 396 g/mol. The molecule has 1 amide bonds. The van der Waals surface area contributed by atoms with Crippen LogP contribution < -0.4 is 5.32 Å². The average Bonchev–Trinajstić information content (AvgIpc) is 3.43. The maximum Gasteiger partial charge on any atom is 0.258 e. The number of anilines is 1. The van der Waals surface area contributed by atoms with E-state index in [0.717, 1.165) is 11.3 Å². The Morgan fingerprint density at radius 3 is 2.58 bits per heavy atom. The van der Waals surface area contributed by atoms with Gasteiger partial charge in [0.1, 0.15) is 11.5 Å². The van der Waals surface area contributed by atoms with Crippen molar-refractivity contribution in [1.29, 1.82) is 0 Å². The van der Waals surface area contributed by atoms with E-state index >= 15 is 0 Å². The molecule has 10 heteroatoms. The highest BCUT2D eigenvalue weighted by atomic mass is 16.5. The van der Waals surface area contributed by atoms with Gasteiger partial charge in [0.2, 0.25) is 0 Å². The Bertz CT molecular complexity index is 1260. The monoisotopic (exact) mass is 420 g/mol. The standard InChI is InChI=1S/C21H24N8O2/c1-12-17(29-11-16(25-27-29)15-10-23-28(6)13(15)2)7-14(9-22-12)20(30)24-19-8-18(31-26-19)21(3,4)5/h7-11H,1-6H3,(H,24,26,30). The smallest absolute Gasteiger partial charge is 0.258 e. The summed E-state index contributed by atoms with van der Waals surface area (Å²) in [6.45, 7) is 9.84. The first-order valence-electron chi connectivity index (χ1n) is 9.80. The molecule has 4 rings (SSSR count). The molecule has 0 spiro atoms. The molecule has 0 unspecified atom stereocenters. The number of amides is 1. The van der Waals surface area contributed by atoms with Crippen LogP contribution in [-0.2, 0) is 12.5 Å². The molecule has 0 radical (unpaired) electrons. The highest BCUT2D eigenvalue weighted by Crippen LogP contribution is 2.25. The topological polar surface area (TPSA) is 117 Å². The summed E-state index contributed by atoms with van der Waals surface area (Å²) in [6, 6.07) is 3.44. The first-order chi connectivity index (χ1) is 14.6. The van der Waals surface area contributed by atoms with Crippen molar-refractivity contribution in [3.05, 3.63) is 53.4 Å². The van der Waals surface area contributed by atoms with Crippen molar-refractivity contribution in [2.75, 3.05) is 5.32 Å². The first kappa shape index (κ1) is 20.5. The summed E-state index contributed by atoms with van der Waals surface area (Å²) in [5.41, 5.74) is 4.11. The molecule has 0 fully saturated rings. The van der Waals surface area contributed by atoms with Crippen LogP contribution in [0, 0.1) is 13.8 Å². The number of carbonyl (C=O) groups excluding carboxylic acids is 1. The van der Waals surface area contributed by atoms with Crippen molar-refractivity contribution in [2.24, 2.45) is 7.05 Å². The van der Waals surface area contributed by atoms with Gasteiger partial charge in [-0.2, -0.15) is 5.10 Å². The van der Waals surface area contributed by atoms with E-state index in [2.05, 4.69) is 30.9 Å². The Labute approximate surface area is 179 Å². The number of hydrogen-bond acceptors (Lipinski definition) is 7. The average molecular weight is 420 g/mol. The summed E-state index contributed by atoms with van der Waals surface area (Å²) in [6.07, 6.45) is 5.06. The number of aryl methyl sites for hydroxylation is 2. The van der Waals surface area contributed by atoms with Crippen molar-refractivity contribution < 1.29 is 9.32 Å². The van der Waals surface area contributed by atoms with Crippen LogP contribution in [0.4, 0.5) is 5.82 Å². The van der Waals surface area contributed by atoms with Gasteiger partial charge in [-0.15, -0.1) is 5.10 Å². The van der Waals surface area contributed by atoms with Gasteiger partial charge >= 0.3 is 0 Å². The third-order valence-electron chi connectivity index (χ3n) is 5.06. The fraction of sp³-hybridized carbons (Fsp3) is 0.333. The summed E-state index contributed by atoms with van der Waals surface area (Å²) < 4.78 is 8.71. The molecule has 0 saturated carbocycles. The third-order valence-corrected chi connectivity index (χ3v) is 5.06. The first-order valence-corrected chi connectivity index (χ1v) is 9.80. The van der Waals surface area contributed by atoms with Crippen LogP contribution >= 0.6 is 0 Å². The summed E-state index contributed by atoms with van der Waals surface area (Å²) in [5.74, 6) is 0.699. The molecule has 0 saturated heterocycles. The minimum Gasteiger partial charge on any atom is -0.359 e. The molecule has 160 valence electrons. The lowest BCUT2D eigenvalue weighted by atomic mass is 9.93. The predicted octanol–water partition coefficient (Wildman–Crippen LogP) is 3.22. The second kappa shape index (κ2) is 7.46. The van der Waals surface area contributed by atoms with Gasteiger partial charge < -0.3 is 9.84 Å². The fourth-order valence-corrected chi connectivity index (χ4v) is 3.01. The molecule has 4 aromatic heterocycles. The molecular formula is C21H24N8O2. The number of carbonyl (C=O) groups is 1. The van der Waals surface area contributed by atoms with E-state index in [4.69, 9.17) is 4.52 Å². The molecule has 4 aromatic rings. The van der Waals surface area contributed by atoms with Crippen LogP contribution in [0.25, 0.3) is 16.9 Å². The summed E-state index contributed by atoms with van der Waals surface area (Å²) >= 11 is 0. The highest BCUT2D eigenvalue weighted by molar-refractivity contribution is 6.03. The second-order valence-corrected chi connectivity index (χ2v) is 8.42. The van der Waals surface area contributed by atoms with Crippen LogP contribution in [-0.4, -0.2) is 40.8 Å². The van der Waals surface area contributed by atoms with E-state index in [1.165, 1.54) is 6.20 Å². The van der Waals surface area contributed by atoms with E-state index in [9.17, 15) is 4.79 Å². The summed E-state index contributed by atoms with van der Waals surface area (Å²) in [7, 11) is 1.87. The zero-order chi connectivity index (χ0) is 22.3. The molecule has 1 N–H and O–H groups in total. The van der Waals surface area contributed by atoms with Gasteiger partial charge in [0.25, 0.3) is 5.91 Å². The maximum absolute atomic E-state index is 12.8. The van der Waals surface area contributed by atoms with Gasteiger partial charge in [-0.3, -0.25) is 14.5 Å². The minimum absolute atomic E-state index is 0.202. The summed E-state index contributed by atoms with van der Waals surface area (Å²) in [5, 5.41) is 19.4. The van der Waals surface area contributed by atoms with E-state index in [-0.39, 0.29) is 11.3 Å². The molecule has 4 heterocycles. The largest absolute Gasteiger partial charge is 0.359 e. The van der Waals surface area contributed by atoms with Crippen molar-refractivity contribution >= 4 is 11.7 Å². The van der Waals surface area contributed by atoms with Crippen LogP contribution in [0.3, 0.4) is 0 Å². The molecule has 0 aromatic carbocycles. The number of hydrogen-bond donors (Lipinski definition) is 1. The second-order valence-electron chi connectivity index (χ2n) is 8.42. The van der Waals surface area contributed by atoms with E-state index in [1.807, 2.05) is 41.7 Å². The quantitative estimate of drug-likeness (QED) is 0.539. The number of pyridine rings is 1. The molecule has 0 aliphatic rings. The number of rotatable bonds is 4. The molecule has 0 aliphatic heterocycles. The Morgan fingerprint density at radius 2 is 1.94 bits per heavy atom. The lowest BCUT2D eigenvalue weighted by Crippen LogP contribution is -2.14. The Hall–Kier alpha value is -3.82. The van der Waals surface area contributed by atoms with Crippen LogP contribution in [0.1, 0.15) is 48.3 Å². The lowest BCUT2D eigenvalue weighted by molar-refractivity contribution is 0.102. The van der Waals surface area contributed by atoms with Gasteiger partial charge in [0.05, 0.1) is 29.3 Å². The van der Waals surface area contributed by atoms with Gasteiger partial charge in [-0.1, -0.05) is 31.1 Å². The number of aromatic nitrogens is 7. The van der Waals surface area contributed by atoms with Crippen LogP contribution in [0.5, 0.6) is 0 Å². The maximum atomic E-state index is 12.8. The van der Waals surface area contributed by atoms with E-state index in [1.54, 1.807) is 33.9 Å². The van der Waals surface area contributed by atoms with Crippen molar-refractivity contribution in [3.8, 4) is 16.9 Å². The summed E-state index contributed by atoms with van der Waals surface area (Å²) in [4.78, 5) is 17.1. The van der Waals surface area contributed by atoms with Gasteiger partial charge in [0, 0.05) is 36.0 Å². The van der Waals surface area contributed by atoms with Crippen molar-refractivity contribution in [3.63, 3.8) is 0 Å². The number of nitrogens with one attached hydrogen (secondary N) is 1. The molecule has 31 heavy (non-hydrogen) atoms. The third kappa shape index (κ3) is 3.96. The normalized spacial score (nSPS) is 11.7. The Morgan fingerprint density at radius 1 is 1.16 bits per heavy atom. The van der Waals surface area contributed by atoms with E-state index < -0.39 is 0 Å². The number of nitrogens with zero attached hydrogens (tertiary/aromatic N) is 7. The Balaban J connectivity index is 1.60. The van der Waals surface area contributed by atoms with Crippen molar-refractivity contribution in [2.45, 2.75) is 40.0 Å². The van der Waals surface area contributed by atoms with Gasteiger partial charge in [-0.05, 0) is 19.9 Å². The highest BCUT2D eigenvalue weighted by Gasteiger charge is 2.21. The van der Waals surface area contributed by atoms with Gasteiger partial charge in [-0.25, -0.2) is 4.68 Å². The predicted molar refractivity (Wildman–Crippen MR) is 114 cm³/mol. The minimum atomic E-state index is -0.342. The molecule has 0 aliphatic carbocycles.